The fourth-order valence-electron chi connectivity index (χ4n) is 7.10. The first kappa shape index (κ1) is 41.1. The third-order valence-corrected chi connectivity index (χ3v) is 11.0. The van der Waals surface area contributed by atoms with Gasteiger partial charge in [-0.05, 0) is 110 Å². The molecule has 3 aliphatic heterocycles. The number of hydrogen-bond donors (Lipinski definition) is 1. The molecule has 4 aliphatic rings. The number of carbonyl (C=O) groups is 3. The van der Waals surface area contributed by atoms with Crippen molar-refractivity contribution in [3.8, 4) is 11.5 Å². The number of ether oxygens (including phenoxy) is 5. The van der Waals surface area contributed by atoms with Crippen molar-refractivity contribution in [3.63, 3.8) is 0 Å². The van der Waals surface area contributed by atoms with Crippen LogP contribution in [0.2, 0.25) is 10.0 Å². The van der Waals surface area contributed by atoms with Crippen LogP contribution in [0.3, 0.4) is 0 Å². The van der Waals surface area contributed by atoms with Crippen LogP contribution in [-0.2, 0) is 30.2 Å². The molecule has 3 atom stereocenters. The monoisotopic (exact) mass is 841 g/mol. The highest BCUT2D eigenvalue weighted by molar-refractivity contribution is 6.35. The van der Waals surface area contributed by atoms with Crippen LogP contribution in [0.1, 0.15) is 64.9 Å². The second-order valence-corrected chi connectivity index (χ2v) is 15.3. The quantitative estimate of drug-likeness (QED) is 0.0814. The normalized spacial score (nSPS) is 19.5. The first-order valence-corrected chi connectivity index (χ1v) is 19.7. The minimum Gasteiger partial charge on any atom is -0.489 e. The summed E-state index contributed by atoms with van der Waals surface area (Å²) in [5, 5.41) is 3.48. The number of carbonyl (C=O) groups excluding carboxylic acids is 3. The van der Waals surface area contributed by atoms with Crippen LogP contribution >= 0.6 is 23.2 Å². The molecule has 16 heteroatoms. The highest BCUT2D eigenvalue weighted by atomic mass is 35.5. The zero-order valence-electron chi connectivity index (χ0n) is 31.1. The van der Waals surface area contributed by atoms with Gasteiger partial charge in [0.2, 0.25) is 0 Å². The number of anilines is 1. The summed E-state index contributed by atoms with van der Waals surface area (Å²) in [6.45, 7) is -1.05. The van der Waals surface area contributed by atoms with Gasteiger partial charge >= 0.3 is 24.5 Å². The lowest BCUT2D eigenvalue weighted by Crippen LogP contribution is -2.52. The van der Waals surface area contributed by atoms with E-state index in [2.05, 4.69) is 19.9 Å². The van der Waals surface area contributed by atoms with Crippen molar-refractivity contribution in [1.29, 1.82) is 0 Å². The number of benzene rings is 3. The molecule has 8 rings (SSSR count). The van der Waals surface area contributed by atoms with Crippen LogP contribution < -0.4 is 14.8 Å². The van der Waals surface area contributed by atoms with Gasteiger partial charge in [0, 0.05) is 31.0 Å². The van der Waals surface area contributed by atoms with Crippen molar-refractivity contribution in [1.82, 2.24) is 9.88 Å². The summed E-state index contributed by atoms with van der Waals surface area (Å²) in [7, 11) is 0. The van der Waals surface area contributed by atoms with Gasteiger partial charge in [0.15, 0.2) is 24.1 Å². The summed E-state index contributed by atoms with van der Waals surface area (Å²) in [5.74, 6) is -2.54. The lowest BCUT2D eigenvalue weighted by molar-refractivity contribution is -0.160. The van der Waals surface area contributed by atoms with Crippen LogP contribution in [0, 0.1) is 17.7 Å². The number of hydrogen-bond acceptors (Lipinski definition) is 11. The Balaban J connectivity index is 1.04. The number of aromatic nitrogens is 1. The molecule has 3 aromatic carbocycles. The Bertz CT molecular complexity index is 2100. The first-order valence-electron chi connectivity index (χ1n) is 18.9. The van der Waals surface area contributed by atoms with Crippen LogP contribution in [0.25, 0.3) is 0 Å². The smallest absolute Gasteiger partial charge is 0.387 e. The summed E-state index contributed by atoms with van der Waals surface area (Å²) >= 11 is 12.8. The van der Waals surface area contributed by atoms with E-state index in [-0.39, 0.29) is 52.2 Å². The Morgan fingerprint density at radius 2 is 1.66 bits per heavy atom. The van der Waals surface area contributed by atoms with Gasteiger partial charge in [0.1, 0.15) is 18.0 Å². The molecule has 2 bridgehead atoms. The van der Waals surface area contributed by atoms with Crippen molar-refractivity contribution < 1.29 is 51.2 Å². The number of piperidine rings is 3. The third-order valence-electron chi connectivity index (χ3n) is 10.4. The molecule has 1 saturated carbocycles. The van der Waals surface area contributed by atoms with E-state index in [1.54, 1.807) is 18.2 Å². The van der Waals surface area contributed by atoms with Gasteiger partial charge in [0.25, 0.3) is 0 Å². The van der Waals surface area contributed by atoms with Gasteiger partial charge in [-0.3, -0.25) is 9.88 Å². The molecule has 58 heavy (non-hydrogen) atoms. The first-order chi connectivity index (χ1) is 28.0. The van der Waals surface area contributed by atoms with Gasteiger partial charge < -0.3 is 29.0 Å². The molecule has 306 valence electrons. The van der Waals surface area contributed by atoms with E-state index in [1.165, 1.54) is 60.9 Å². The molecule has 4 fully saturated rings. The van der Waals surface area contributed by atoms with E-state index >= 15 is 0 Å². The predicted octanol–water partition coefficient (Wildman–Crippen LogP) is 8.39. The summed E-state index contributed by atoms with van der Waals surface area (Å²) < 4.78 is 68.4. The third kappa shape index (κ3) is 10.7. The zero-order chi connectivity index (χ0) is 40.8. The number of alkyl halides is 2. The van der Waals surface area contributed by atoms with Gasteiger partial charge in [0.05, 0.1) is 22.2 Å². The Labute approximate surface area is 342 Å². The minimum absolute atomic E-state index is 0.0319. The highest BCUT2D eigenvalue weighted by Gasteiger charge is 2.38. The molecule has 4 heterocycles. The molecule has 0 spiro atoms. The van der Waals surface area contributed by atoms with E-state index in [0.717, 1.165) is 38.8 Å². The van der Waals surface area contributed by atoms with E-state index in [1.807, 2.05) is 0 Å². The van der Waals surface area contributed by atoms with Gasteiger partial charge in [-0.1, -0.05) is 47.5 Å². The maximum atomic E-state index is 14.3. The highest BCUT2D eigenvalue weighted by Crippen LogP contribution is 2.38. The Kier molecular flexibility index (Phi) is 13.2. The van der Waals surface area contributed by atoms with Crippen LogP contribution in [0.5, 0.6) is 11.5 Å². The van der Waals surface area contributed by atoms with Crippen LogP contribution in [0.4, 0.5) is 18.9 Å². The number of nitrogens with one attached hydrogen (secondary N) is 1. The summed E-state index contributed by atoms with van der Waals surface area (Å²) in [6.07, 6.45) is 5.08. The Morgan fingerprint density at radius 1 is 0.897 bits per heavy atom. The van der Waals surface area contributed by atoms with Gasteiger partial charge in [-0.25, -0.2) is 18.8 Å². The molecule has 11 nitrogen and oxygen atoms in total. The average Bonchev–Trinajstić information content (AvgIpc) is 4.05. The van der Waals surface area contributed by atoms with Crippen LogP contribution in [-0.4, -0.2) is 73.4 Å². The fraction of sp³-hybridized carbons (Fsp3) is 0.381. The van der Waals surface area contributed by atoms with Crippen molar-refractivity contribution in [2.24, 2.45) is 11.8 Å². The molecule has 3 saturated heterocycles. The molecule has 1 aliphatic carbocycles. The predicted molar refractivity (Wildman–Crippen MR) is 207 cm³/mol. The maximum Gasteiger partial charge on any atom is 0.387 e. The number of halogens is 5. The second-order valence-electron chi connectivity index (χ2n) is 14.5. The fourth-order valence-corrected chi connectivity index (χ4v) is 7.62. The van der Waals surface area contributed by atoms with E-state index in [0.29, 0.717) is 34.8 Å². The number of esters is 3. The van der Waals surface area contributed by atoms with E-state index in [9.17, 15) is 27.6 Å². The number of pyridine rings is 1. The lowest BCUT2D eigenvalue weighted by atomic mass is 9.86. The molecule has 0 radical (unpaired) electrons. The Hall–Kier alpha value is -5.05. The Morgan fingerprint density at radius 3 is 2.34 bits per heavy atom. The standard InChI is InChI=1S/C42H40Cl2F3N3O8/c43-32-19-48-20-33(44)31(32)18-35(26-9-10-34(58-42(46)47)36(17-26)54-22-24-7-8-24)56-38(51)23-55-40(52)28-4-2-6-30(16-28)49-39(27-3-1-5-29(45)15-27)41(53)57-37-21-50-13-11-25(37)12-14-50/h1-6,9-10,15-17,19-20,24-25,35,37,39,42,49H,7-8,11-14,18,21-23H2/t35-,37-,39?/m0/s1. The SMILES string of the molecule is O=C(COC(=O)c1cccc(NC(C(=O)O[C@H]2CN3CCC2CC3)c2cccc(F)c2)c1)O[C@@H](Cc1c(Cl)cncc1Cl)c1ccc(OC(F)F)c(OCC2CC2)c1. The molecule has 0 amide bonds. The summed E-state index contributed by atoms with van der Waals surface area (Å²) in [6, 6.07) is 14.8. The molecular formula is C42H40Cl2F3N3O8. The number of fused-ring (bicyclic) bond motifs is 3. The number of nitrogens with zero attached hydrogens (tertiary/aromatic N) is 2. The number of rotatable bonds is 17. The molecule has 1 aromatic heterocycles. The van der Waals surface area contributed by atoms with Gasteiger partial charge in [-0.15, -0.1) is 0 Å². The largest absolute Gasteiger partial charge is 0.489 e. The van der Waals surface area contributed by atoms with Gasteiger partial charge in [-0.2, -0.15) is 8.78 Å². The van der Waals surface area contributed by atoms with Crippen molar-refractivity contribution in [2.75, 3.05) is 38.2 Å². The molecular weight excluding hydrogens is 802 g/mol. The summed E-state index contributed by atoms with van der Waals surface area (Å²) in [4.78, 5) is 46.4. The lowest BCUT2D eigenvalue weighted by Gasteiger charge is -2.44. The molecule has 4 aromatic rings. The van der Waals surface area contributed by atoms with E-state index < -0.39 is 49.1 Å². The minimum atomic E-state index is -3.10. The van der Waals surface area contributed by atoms with E-state index in [4.69, 9.17) is 42.1 Å². The van der Waals surface area contributed by atoms with Crippen molar-refractivity contribution in [2.45, 2.75) is 57.0 Å². The topological polar surface area (TPSA) is 126 Å². The second kappa shape index (κ2) is 18.7. The zero-order valence-corrected chi connectivity index (χ0v) is 32.6. The van der Waals surface area contributed by atoms with Crippen molar-refractivity contribution >= 4 is 46.8 Å². The van der Waals surface area contributed by atoms with Crippen LogP contribution in [0.15, 0.2) is 79.1 Å². The maximum absolute atomic E-state index is 14.3. The molecule has 1 unspecified atom stereocenters. The average molecular weight is 843 g/mol. The summed E-state index contributed by atoms with van der Waals surface area (Å²) in [5.41, 5.74) is 1.45. The molecule has 1 N–H and O–H groups in total. The van der Waals surface area contributed by atoms with Crippen molar-refractivity contribution in [3.05, 3.63) is 117 Å².